The van der Waals surface area contributed by atoms with Crippen LogP contribution in [0.25, 0.3) is 0 Å². The number of halogens is 4. The average Bonchev–Trinajstić information content (AvgIpc) is 2.62. The summed E-state index contributed by atoms with van der Waals surface area (Å²) in [5, 5.41) is 5.08. The summed E-state index contributed by atoms with van der Waals surface area (Å²) in [5.41, 5.74) is 0. The first-order valence-electron chi connectivity index (χ1n) is 5.51. The molecule has 1 atom stereocenters. The minimum absolute atomic E-state index is 0.0584. The Hall–Kier alpha value is -0.110. The lowest BCUT2D eigenvalue weighted by atomic mass is 10.2. The molecule has 0 aromatic carbocycles. The van der Waals surface area contributed by atoms with Gasteiger partial charge in [0.15, 0.2) is 0 Å². The molecule has 1 N–H and O–H groups in total. The monoisotopic (exact) mass is 345 g/mol. The third kappa shape index (κ3) is 6.72. The van der Waals surface area contributed by atoms with E-state index < -0.39 is 12.8 Å². The normalized spacial score (nSPS) is 13.8. The molecule has 18 heavy (non-hydrogen) atoms. The van der Waals surface area contributed by atoms with Gasteiger partial charge in [0.05, 0.1) is 6.61 Å². The van der Waals surface area contributed by atoms with Crippen molar-refractivity contribution in [2.24, 2.45) is 0 Å². The quantitative estimate of drug-likeness (QED) is 0.814. The Morgan fingerprint density at radius 1 is 1.50 bits per heavy atom. The van der Waals surface area contributed by atoms with Gasteiger partial charge < -0.3 is 10.1 Å². The highest BCUT2D eigenvalue weighted by molar-refractivity contribution is 9.10. The van der Waals surface area contributed by atoms with E-state index in [1.165, 1.54) is 0 Å². The van der Waals surface area contributed by atoms with Crippen molar-refractivity contribution < 1.29 is 17.9 Å². The summed E-state index contributed by atoms with van der Waals surface area (Å²) in [6.07, 6.45) is -3.59. The zero-order valence-electron chi connectivity index (χ0n) is 9.89. The highest BCUT2D eigenvalue weighted by atomic mass is 79.9. The van der Waals surface area contributed by atoms with E-state index in [9.17, 15) is 13.2 Å². The number of alkyl halides is 3. The lowest BCUT2D eigenvalue weighted by Crippen LogP contribution is -2.36. The Morgan fingerprint density at radius 3 is 2.72 bits per heavy atom. The Kier molecular flexibility index (Phi) is 6.62. The first-order chi connectivity index (χ1) is 8.40. The molecule has 7 heteroatoms. The molecule has 0 saturated carbocycles. The third-order valence-corrected chi connectivity index (χ3v) is 3.87. The average molecular weight is 346 g/mol. The molecule has 0 spiro atoms. The molecular weight excluding hydrogens is 331 g/mol. The number of likely N-dealkylation sites (N-methyl/N-ethyl adjacent to an activating group) is 1. The number of ether oxygens (including phenoxy) is 1. The molecule has 0 saturated heterocycles. The van der Waals surface area contributed by atoms with E-state index in [4.69, 9.17) is 4.74 Å². The van der Waals surface area contributed by atoms with E-state index in [0.29, 0.717) is 13.0 Å². The molecule has 0 radical (unpaired) electrons. The second kappa shape index (κ2) is 7.47. The van der Waals surface area contributed by atoms with Crippen LogP contribution in [-0.4, -0.2) is 32.0 Å². The van der Waals surface area contributed by atoms with E-state index >= 15 is 0 Å². The van der Waals surface area contributed by atoms with E-state index in [1.807, 2.05) is 18.4 Å². The maximum Gasteiger partial charge on any atom is 0.411 e. The predicted molar refractivity (Wildman–Crippen MR) is 70.1 cm³/mol. The molecular formula is C11H15BrF3NOS. The summed E-state index contributed by atoms with van der Waals surface area (Å²) < 4.78 is 41.6. The first-order valence-corrected chi connectivity index (χ1v) is 7.18. The van der Waals surface area contributed by atoms with Gasteiger partial charge >= 0.3 is 6.18 Å². The molecule has 2 nitrogen and oxygen atoms in total. The van der Waals surface area contributed by atoms with Crippen molar-refractivity contribution in [3.8, 4) is 0 Å². The lowest BCUT2D eigenvalue weighted by molar-refractivity contribution is -0.175. The minimum Gasteiger partial charge on any atom is -0.370 e. The zero-order chi connectivity index (χ0) is 13.6. The number of hydrogen-bond donors (Lipinski definition) is 1. The SMILES string of the molecule is CCNC(COCC(F)(F)F)Cc1cc(Br)cs1. The summed E-state index contributed by atoms with van der Waals surface area (Å²) in [4.78, 5) is 1.11. The van der Waals surface area contributed by atoms with Crippen LogP contribution >= 0.6 is 27.3 Å². The topological polar surface area (TPSA) is 21.3 Å². The van der Waals surface area contributed by atoms with Crippen molar-refractivity contribution in [1.82, 2.24) is 5.32 Å². The largest absolute Gasteiger partial charge is 0.411 e. The molecule has 0 fully saturated rings. The van der Waals surface area contributed by atoms with Gasteiger partial charge in [-0.1, -0.05) is 6.92 Å². The molecule has 0 aliphatic carbocycles. The summed E-state index contributed by atoms with van der Waals surface area (Å²) >= 11 is 4.93. The Bertz CT molecular complexity index is 356. The summed E-state index contributed by atoms with van der Waals surface area (Å²) in [5.74, 6) is 0. The molecule has 1 unspecified atom stereocenters. The van der Waals surface area contributed by atoms with E-state index in [1.54, 1.807) is 11.3 Å². The number of thiophene rings is 1. The lowest BCUT2D eigenvalue weighted by Gasteiger charge is -2.17. The highest BCUT2D eigenvalue weighted by Crippen LogP contribution is 2.21. The van der Waals surface area contributed by atoms with Crippen molar-refractivity contribution in [2.45, 2.75) is 25.6 Å². The number of rotatable bonds is 7. The van der Waals surface area contributed by atoms with Crippen LogP contribution in [0.4, 0.5) is 13.2 Å². The van der Waals surface area contributed by atoms with Crippen molar-refractivity contribution in [1.29, 1.82) is 0 Å². The highest BCUT2D eigenvalue weighted by Gasteiger charge is 2.27. The van der Waals surface area contributed by atoms with Crippen LogP contribution in [0.2, 0.25) is 0 Å². The fourth-order valence-corrected chi connectivity index (χ4v) is 3.03. The molecule has 1 aromatic rings. The third-order valence-electron chi connectivity index (χ3n) is 2.15. The van der Waals surface area contributed by atoms with Crippen molar-refractivity contribution >= 4 is 27.3 Å². The molecule has 0 amide bonds. The standard InChI is InChI=1S/C11H15BrF3NOS/c1-2-16-9(5-17-7-11(13,14)15)4-10-3-8(12)6-18-10/h3,6,9,16H,2,4-5,7H2,1H3. The van der Waals surface area contributed by atoms with Gasteiger partial charge in [-0.15, -0.1) is 11.3 Å². The number of hydrogen-bond acceptors (Lipinski definition) is 3. The first kappa shape index (κ1) is 15.9. The van der Waals surface area contributed by atoms with Gasteiger partial charge in [-0.05, 0) is 35.0 Å². The molecule has 1 aromatic heterocycles. The fourth-order valence-electron chi connectivity index (χ4n) is 1.50. The Labute approximate surface area is 117 Å². The van der Waals surface area contributed by atoms with Gasteiger partial charge in [-0.3, -0.25) is 0 Å². The van der Waals surface area contributed by atoms with Gasteiger partial charge in [0, 0.05) is 20.8 Å². The van der Waals surface area contributed by atoms with Crippen LogP contribution in [0, 0.1) is 0 Å². The zero-order valence-corrected chi connectivity index (χ0v) is 12.3. The van der Waals surface area contributed by atoms with Crippen LogP contribution < -0.4 is 5.32 Å². The van der Waals surface area contributed by atoms with E-state index in [2.05, 4.69) is 21.2 Å². The van der Waals surface area contributed by atoms with Gasteiger partial charge in [0.2, 0.25) is 0 Å². The van der Waals surface area contributed by atoms with Crippen LogP contribution in [0.5, 0.6) is 0 Å². The Balaban J connectivity index is 2.40. The molecule has 0 aliphatic heterocycles. The van der Waals surface area contributed by atoms with Gasteiger partial charge in [-0.2, -0.15) is 13.2 Å². The van der Waals surface area contributed by atoms with Crippen LogP contribution in [0.3, 0.4) is 0 Å². The van der Waals surface area contributed by atoms with Crippen molar-refractivity contribution in [3.05, 3.63) is 20.8 Å². The fraction of sp³-hybridized carbons (Fsp3) is 0.636. The van der Waals surface area contributed by atoms with Gasteiger partial charge in [0.1, 0.15) is 6.61 Å². The second-order valence-corrected chi connectivity index (χ2v) is 5.73. The van der Waals surface area contributed by atoms with E-state index in [0.717, 1.165) is 9.35 Å². The van der Waals surface area contributed by atoms with Gasteiger partial charge in [0.25, 0.3) is 0 Å². The predicted octanol–water partition coefficient (Wildman–Crippen LogP) is 3.61. The molecule has 0 bridgehead atoms. The van der Waals surface area contributed by atoms with Crippen LogP contribution in [0.15, 0.2) is 15.9 Å². The molecule has 104 valence electrons. The smallest absolute Gasteiger partial charge is 0.370 e. The van der Waals surface area contributed by atoms with Crippen molar-refractivity contribution in [2.75, 3.05) is 19.8 Å². The summed E-state index contributed by atoms with van der Waals surface area (Å²) in [6.45, 7) is 1.49. The second-order valence-electron chi connectivity index (χ2n) is 3.82. The minimum atomic E-state index is -4.26. The molecule has 1 heterocycles. The van der Waals surface area contributed by atoms with Crippen molar-refractivity contribution in [3.63, 3.8) is 0 Å². The maximum atomic E-state index is 12.0. The van der Waals surface area contributed by atoms with E-state index in [-0.39, 0.29) is 12.6 Å². The Morgan fingerprint density at radius 2 is 2.22 bits per heavy atom. The number of nitrogens with one attached hydrogen (secondary N) is 1. The molecule has 0 aliphatic rings. The summed E-state index contributed by atoms with van der Waals surface area (Å²) in [6, 6.07) is 1.88. The maximum absolute atomic E-state index is 12.0. The molecule has 1 rings (SSSR count). The van der Waals surface area contributed by atoms with Gasteiger partial charge in [-0.25, -0.2) is 0 Å². The van der Waals surface area contributed by atoms with Crippen LogP contribution in [0.1, 0.15) is 11.8 Å². The summed E-state index contributed by atoms with van der Waals surface area (Å²) in [7, 11) is 0. The van der Waals surface area contributed by atoms with Crippen LogP contribution in [-0.2, 0) is 11.2 Å².